The Balaban J connectivity index is 1.88. The predicted octanol–water partition coefficient (Wildman–Crippen LogP) is 4.35. The number of nitrogens with one attached hydrogen (secondary N) is 2. The number of hydrogen-bond donors (Lipinski definition) is 3. The quantitative estimate of drug-likeness (QED) is 0.477. The summed E-state index contributed by atoms with van der Waals surface area (Å²) < 4.78 is 0. The molecular formula is C19H18Cl2N4O2S. The summed E-state index contributed by atoms with van der Waals surface area (Å²) in [5.41, 5.74) is 0.966. The molecule has 2 aromatic heterocycles. The molecule has 0 radical (unpaired) electrons. The van der Waals surface area contributed by atoms with Gasteiger partial charge in [0.15, 0.2) is 11.4 Å². The SMILES string of the molecule is CSCCNc1nc(C(=O)NCc2cc(Cl)cc(Cl)c2)c(O)c2ncccc12. The molecule has 28 heavy (non-hydrogen) atoms. The van der Waals surface area contributed by atoms with Crippen molar-refractivity contribution < 1.29 is 9.90 Å². The average molecular weight is 437 g/mol. The average Bonchev–Trinajstić information content (AvgIpc) is 2.67. The molecule has 0 spiro atoms. The van der Waals surface area contributed by atoms with Gasteiger partial charge in [-0.25, -0.2) is 4.98 Å². The van der Waals surface area contributed by atoms with Crippen LogP contribution in [0.3, 0.4) is 0 Å². The molecule has 1 aromatic carbocycles. The summed E-state index contributed by atoms with van der Waals surface area (Å²) in [4.78, 5) is 21.2. The highest BCUT2D eigenvalue weighted by atomic mass is 35.5. The Hall–Kier alpha value is -2.22. The van der Waals surface area contributed by atoms with E-state index in [0.717, 1.165) is 11.3 Å². The topological polar surface area (TPSA) is 87.1 Å². The first kappa shape index (κ1) is 20.5. The van der Waals surface area contributed by atoms with Crippen molar-refractivity contribution in [2.24, 2.45) is 0 Å². The first-order chi connectivity index (χ1) is 13.5. The fourth-order valence-electron chi connectivity index (χ4n) is 2.67. The minimum Gasteiger partial charge on any atom is -0.504 e. The van der Waals surface area contributed by atoms with Crippen LogP contribution in [0.25, 0.3) is 10.9 Å². The molecule has 0 bridgehead atoms. The number of aromatic hydroxyl groups is 1. The lowest BCUT2D eigenvalue weighted by Gasteiger charge is -2.13. The largest absolute Gasteiger partial charge is 0.504 e. The number of halogens is 2. The maximum atomic E-state index is 12.7. The van der Waals surface area contributed by atoms with Crippen LogP contribution in [-0.2, 0) is 6.54 Å². The zero-order valence-corrected chi connectivity index (χ0v) is 17.3. The number of rotatable bonds is 7. The second-order valence-corrected chi connectivity index (χ2v) is 7.80. The highest BCUT2D eigenvalue weighted by molar-refractivity contribution is 7.98. The Morgan fingerprint density at radius 1 is 1.25 bits per heavy atom. The standard InChI is InChI=1S/C19H18Cl2N4O2S/c1-28-6-5-23-18-14-3-2-4-22-15(14)17(26)16(25-18)19(27)24-10-11-7-12(20)9-13(21)8-11/h2-4,7-9,26H,5-6,10H2,1H3,(H,23,25)(H,24,27). The lowest BCUT2D eigenvalue weighted by atomic mass is 10.2. The van der Waals surface area contributed by atoms with Crippen molar-refractivity contribution in [1.82, 2.24) is 15.3 Å². The maximum Gasteiger partial charge on any atom is 0.274 e. The summed E-state index contributed by atoms with van der Waals surface area (Å²) in [6.45, 7) is 0.862. The Morgan fingerprint density at radius 3 is 2.71 bits per heavy atom. The molecule has 0 saturated carbocycles. The van der Waals surface area contributed by atoms with Crippen LogP contribution in [0.15, 0.2) is 36.5 Å². The second kappa shape index (κ2) is 9.32. The van der Waals surface area contributed by atoms with Gasteiger partial charge in [-0.3, -0.25) is 9.78 Å². The lowest BCUT2D eigenvalue weighted by molar-refractivity contribution is 0.0943. The van der Waals surface area contributed by atoms with Gasteiger partial charge in [0.05, 0.1) is 0 Å². The van der Waals surface area contributed by atoms with E-state index in [2.05, 4.69) is 20.6 Å². The molecule has 3 rings (SSSR count). The van der Waals surface area contributed by atoms with E-state index in [-0.39, 0.29) is 18.0 Å². The number of carbonyl (C=O) groups is 1. The normalized spacial score (nSPS) is 10.8. The van der Waals surface area contributed by atoms with E-state index in [9.17, 15) is 9.90 Å². The fraction of sp³-hybridized carbons (Fsp3) is 0.211. The van der Waals surface area contributed by atoms with Crippen molar-refractivity contribution in [3.63, 3.8) is 0 Å². The van der Waals surface area contributed by atoms with Crippen LogP contribution >= 0.6 is 35.0 Å². The van der Waals surface area contributed by atoms with Crippen molar-refractivity contribution in [2.75, 3.05) is 23.9 Å². The molecule has 0 fully saturated rings. The monoisotopic (exact) mass is 436 g/mol. The summed E-state index contributed by atoms with van der Waals surface area (Å²) in [6.07, 6.45) is 3.57. The van der Waals surface area contributed by atoms with E-state index >= 15 is 0 Å². The smallest absolute Gasteiger partial charge is 0.274 e. The number of fused-ring (bicyclic) bond motifs is 1. The van der Waals surface area contributed by atoms with Crippen LogP contribution in [0.5, 0.6) is 5.75 Å². The molecule has 146 valence electrons. The molecule has 0 aliphatic heterocycles. The van der Waals surface area contributed by atoms with Crippen LogP contribution in [0.4, 0.5) is 5.82 Å². The minimum atomic E-state index is -0.519. The van der Waals surface area contributed by atoms with Gasteiger partial charge in [0.1, 0.15) is 11.3 Å². The van der Waals surface area contributed by atoms with E-state index in [1.54, 1.807) is 48.3 Å². The Kier molecular flexibility index (Phi) is 6.83. The van der Waals surface area contributed by atoms with Gasteiger partial charge >= 0.3 is 0 Å². The van der Waals surface area contributed by atoms with E-state index in [1.165, 1.54) is 0 Å². The van der Waals surface area contributed by atoms with Gasteiger partial charge < -0.3 is 15.7 Å². The number of carbonyl (C=O) groups excluding carboxylic acids is 1. The van der Waals surface area contributed by atoms with Gasteiger partial charge in [0.2, 0.25) is 0 Å². The van der Waals surface area contributed by atoms with E-state index in [4.69, 9.17) is 23.2 Å². The van der Waals surface area contributed by atoms with E-state index < -0.39 is 5.91 Å². The van der Waals surface area contributed by atoms with Gasteiger partial charge in [-0.05, 0) is 42.2 Å². The number of amides is 1. The molecule has 3 N–H and O–H groups in total. The third-order valence-electron chi connectivity index (χ3n) is 3.92. The summed E-state index contributed by atoms with van der Waals surface area (Å²) >= 11 is 13.7. The molecular weight excluding hydrogens is 419 g/mol. The highest BCUT2D eigenvalue weighted by Gasteiger charge is 2.19. The van der Waals surface area contributed by atoms with Crippen LogP contribution < -0.4 is 10.6 Å². The molecule has 0 aliphatic carbocycles. The summed E-state index contributed by atoms with van der Waals surface area (Å²) in [5.74, 6) is 0.606. The van der Waals surface area contributed by atoms with Crippen molar-refractivity contribution in [3.8, 4) is 5.75 Å². The van der Waals surface area contributed by atoms with Gasteiger partial charge in [0.25, 0.3) is 5.91 Å². The Morgan fingerprint density at radius 2 is 2.00 bits per heavy atom. The van der Waals surface area contributed by atoms with Crippen molar-refractivity contribution in [3.05, 3.63) is 57.8 Å². The molecule has 0 saturated heterocycles. The third-order valence-corrected chi connectivity index (χ3v) is 4.97. The highest BCUT2D eigenvalue weighted by Crippen LogP contribution is 2.30. The molecule has 6 nitrogen and oxygen atoms in total. The molecule has 0 aliphatic rings. The van der Waals surface area contributed by atoms with Gasteiger partial charge in [-0.1, -0.05) is 23.2 Å². The molecule has 9 heteroatoms. The Labute approximate surface area is 176 Å². The van der Waals surface area contributed by atoms with Crippen molar-refractivity contribution in [1.29, 1.82) is 0 Å². The number of nitrogens with zero attached hydrogens (tertiary/aromatic N) is 2. The fourth-order valence-corrected chi connectivity index (χ4v) is 3.54. The molecule has 0 unspecified atom stereocenters. The predicted molar refractivity (Wildman–Crippen MR) is 116 cm³/mol. The van der Waals surface area contributed by atoms with Crippen LogP contribution in [-0.4, -0.2) is 39.5 Å². The number of benzene rings is 1. The van der Waals surface area contributed by atoms with E-state index in [1.807, 2.05) is 6.26 Å². The summed E-state index contributed by atoms with van der Waals surface area (Å²) in [5, 5.41) is 18.1. The zero-order chi connectivity index (χ0) is 20.1. The second-order valence-electron chi connectivity index (χ2n) is 5.94. The molecule has 1 amide bonds. The lowest BCUT2D eigenvalue weighted by Crippen LogP contribution is -2.24. The number of aromatic nitrogens is 2. The Bertz CT molecular complexity index is 996. The minimum absolute atomic E-state index is 0.0917. The van der Waals surface area contributed by atoms with Crippen molar-refractivity contribution in [2.45, 2.75) is 6.54 Å². The molecule has 0 atom stereocenters. The first-order valence-electron chi connectivity index (χ1n) is 8.43. The van der Waals surface area contributed by atoms with Crippen LogP contribution in [0.1, 0.15) is 16.1 Å². The van der Waals surface area contributed by atoms with Gasteiger partial charge in [-0.15, -0.1) is 0 Å². The molecule has 2 heterocycles. The number of hydrogen-bond acceptors (Lipinski definition) is 6. The van der Waals surface area contributed by atoms with Gasteiger partial charge in [0, 0.05) is 40.5 Å². The van der Waals surface area contributed by atoms with Gasteiger partial charge in [-0.2, -0.15) is 11.8 Å². The summed E-state index contributed by atoms with van der Waals surface area (Å²) in [6, 6.07) is 8.58. The third kappa shape index (κ3) is 4.79. The zero-order valence-electron chi connectivity index (χ0n) is 15.0. The number of anilines is 1. The maximum absolute atomic E-state index is 12.7. The van der Waals surface area contributed by atoms with Crippen LogP contribution in [0, 0.1) is 0 Å². The number of pyridine rings is 2. The van der Waals surface area contributed by atoms with Crippen molar-refractivity contribution >= 4 is 57.6 Å². The van der Waals surface area contributed by atoms with E-state index in [0.29, 0.717) is 33.3 Å². The number of thioether (sulfide) groups is 1. The van der Waals surface area contributed by atoms with Crippen LogP contribution in [0.2, 0.25) is 10.0 Å². The summed E-state index contributed by atoms with van der Waals surface area (Å²) in [7, 11) is 0. The molecule has 3 aromatic rings. The first-order valence-corrected chi connectivity index (χ1v) is 10.6.